The van der Waals surface area contributed by atoms with Gasteiger partial charge in [-0.05, 0) is 30.3 Å². The summed E-state index contributed by atoms with van der Waals surface area (Å²) in [5, 5.41) is 11.1. The van der Waals surface area contributed by atoms with Gasteiger partial charge in [-0.15, -0.1) is 0 Å². The van der Waals surface area contributed by atoms with Crippen LogP contribution in [0.25, 0.3) is 0 Å². The van der Waals surface area contributed by atoms with Crippen LogP contribution in [0.3, 0.4) is 0 Å². The van der Waals surface area contributed by atoms with E-state index in [1.165, 1.54) is 0 Å². The van der Waals surface area contributed by atoms with E-state index in [2.05, 4.69) is 4.90 Å². The molecule has 3 rings (SSSR count). The lowest BCUT2D eigenvalue weighted by molar-refractivity contribution is -0.0824. The van der Waals surface area contributed by atoms with E-state index < -0.39 is 6.10 Å². The predicted octanol–water partition coefficient (Wildman–Crippen LogP) is 1.51. The van der Waals surface area contributed by atoms with Crippen LogP contribution in [0.4, 0.5) is 0 Å². The molecule has 1 fully saturated rings. The molecule has 0 spiro atoms. The number of morpholine rings is 1. The van der Waals surface area contributed by atoms with Crippen molar-refractivity contribution in [2.24, 2.45) is 0 Å². The molecule has 0 bridgehead atoms. The smallest absolute Gasteiger partial charge is 0.126 e. The lowest BCUT2D eigenvalue weighted by Gasteiger charge is -2.33. The quantitative estimate of drug-likeness (QED) is 0.918. The summed E-state index contributed by atoms with van der Waals surface area (Å²) in [6, 6.07) is 3.84. The summed E-state index contributed by atoms with van der Waals surface area (Å²) in [5.41, 5.74) is 2.12. The average Bonchev–Trinajstić information content (AvgIpc) is 2.86. The van der Waals surface area contributed by atoms with E-state index in [0.717, 1.165) is 36.4 Å². The third kappa shape index (κ3) is 2.93. The first-order chi connectivity index (χ1) is 9.63. The standard InChI is InChI=1S/C15H20ClNO3/c1-17-3-5-19-14(9-17)13(18)8-11-7-12(16)6-10-2-4-20-15(10)11/h6-7,13-14,18H,2-5,8-9H2,1H3. The van der Waals surface area contributed by atoms with Gasteiger partial charge in [-0.3, -0.25) is 0 Å². The molecule has 0 saturated carbocycles. The van der Waals surface area contributed by atoms with Crippen molar-refractivity contribution in [1.82, 2.24) is 4.90 Å². The maximum atomic E-state index is 10.4. The van der Waals surface area contributed by atoms with Crippen LogP contribution in [-0.4, -0.2) is 55.6 Å². The molecule has 2 aliphatic heterocycles. The fourth-order valence-corrected chi connectivity index (χ4v) is 3.16. The van der Waals surface area contributed by atoms with Gasteiger partial charge in [0, 0.05) is 31.0 Å². The van der Waals surface area contributed by atoms with Crippen molar-refractivity contribution in [2.75, 3.05) is 33.4 Å². The largest absolute Gasteiger partial charge is 0.493 e. The molecule has 1 N–H and O–H groups in total. The Morgan fingerprint density at radius 2 is 2.30 bits per heavy atom. The lowest BCUT2D eigenvalue weighted by atomic mass is 9.99. The minimum atomic E-state index is -0.537. The first-order valence-electron chi connectivity index (χ1n) is 7.06. The van der Waals surface area contributed by atoms with Gasteiger partial charge in [-0.25, -0.2) is 0 Å². The second kappa shape index (κ2) is 5.90. The Labute approximate surface area is 124 Å². The Morgan fingerprint density at radius 1 is 1.45 bits per heavy atom. The summed E-state index contributed by atoms with van der Waals surface area (Å²) >= 11 is 6.14. The Hall–Kier alpha value is -0.810. The number of nitrogens with zero attached hydrogens (tertiary/aromatic N) is 1. The maximum absolute atomic E-state index is 10.4. The first kappa shape index (κ1) is 14.1. The van der Waals surface area contributed by atoms with Gasteiger partial charge < -0.3 is 19.5 Å². The van der Waals surface area contributed by atoms with Crippen LogP contribution in [0, 0.1) is 0 Å². The number of fused-ring (bicyclic) bond motifs is 1. The fourth-order valence-electron chi connectivity index (χ4n) is 2.90. The molecule has 1 aromatic carbocycles. The Morgan fingerprint density at radius 3 is 3.10 bits per heavy atom. The number of aliphatic hydroxyl groups excluding tert-OH is 1. The summed E-state index contributed by atoms with van der Waals surface area (Å²) in [6.07, 6.45) is 0.720. The minimum absolute atomic E-state index is 0.148. The Kier molecular flexibility index (Phi) is 4.17. The molecule has 2 heterocycles. The molecule has 20 heavy (non-hydrogen) atoms. The molecular formula is C15H20ClNO3. The molecule has 0 aliphatic carbocycles. The number of benzene rings is 1. The molecule has 0 radical (unpaired) electrons. The average molecular weight is 298 g/mol. The van der Waals surface area contributed by atoms with Gasteiger partial charge in [0.2, 0.25) is 0 Å². The molecular weight excluding hydrogens is 278 g/mol. The van der Waals surface area contributed by atoms with E-state index in [9.17, 15) is 5.11 Å². The Balaban J connectivity index is 1.74. The number of hydrogen-bond donors (Lipinski definition) is 1. The molecule has 2 atom stereocenters. The third-order valence-corrected chi connectivity index (χ3v) is 4.20. The van der Waals surface area contributed by atoms with Crippen LogP contribution in [0.5, 0.6) is 5.75 Å². The molecule has 5 heteroatoms. The van der Waals surface area contributed by atoms with Gasteiger partial charge in [-0.2, -0.15) is 0 Å². The van der Waals surface area contributed by atoms with Crippen molar-refractivity contribution in [3.8, 4) is 5.75 Å². The number of halogens is 1. The fraction of sp³-hybridized carbons (Fsp3) is 0.600. The molecule has 4 nitrogen and oxygen atoms in total. The number of aliphatic hydroxyl groups is 1. The van der Waals surface area contributed by atoms with Gasteiger partial charge in [0.15, 0.2) is 0 Å². The molecule has 2 unspecified atom stereocenters. The van der Waals surface area contributed by atoms with Crippen molar-refractivity contribution in [1.29, 1.82) is 0 Å². The van der Waals surface area contributed by atoms with Gasteiger partial charge in [0.05, 0.1) is 25.4 Å². The van der Waals surface area contributed by atoms with E-state index in [-0.39, 0.29) is 6.10 Å². The van der Waals surface area contributed by atoms with Crippen molar-refractivity contribution in [3.05, 3.63) is 28.3 Å². The highest BCUT2D eigenvalue weighted by Crippen LogP contribution is 2.34. The van der Waals surface area contributed by atoms with E-state index in [0.29, 0.717) is 24.7 Å². The van der Waals surface area contributed by atoms with Crippen molar-refractivity contribution >= 4 is 11.6 Å². The zero-order chi connectivity index (χ0) is 14.1. The molecule has 1 aromatic rings. The highest BCUT2D eigenvalue weighted by molar-refractivity contribution is 6.30. The SMILES string of the molecule is CN1CCOC(C(O)Cc2cc(Cl)cc3c2OCC3)C1. The van der Waals surface area contributed by atoms with Gasteiger partial charge in [-0.1, -0.05) is 11.6 Å². The topological polar surface area (TPSA) is 41.9 Å². The zero-order valence-corrected chi connectivity index (χ0v) is 12.4. The van der Waals surface area contributed by atoms with Gasteiger partial charge in [0.1, 0.15) is 5.75 Å². The highest BCUT2D eigenvalue weighted by atomic mass is 35.5. The van der Waals surface area contributed by atoms with Crippen LogP contribution < -0.4 is 4.74 Å². The number of rotatable bonds is 3. The summed E-state index contributed by atoms with van der Waals surface area (Å²) in [7, 11) is 2.04. The second-order valence-corrected chi connectivity index (χ2v) is 6.03. The molecule has 0 aromatic heterocycles. The van der Waals surface area contributed by atoms with Crippen LogP contribution in [0.2, 0.25) is 5.02 Å². The van der Waals surface area contributed by atoms with Crippen LogP contribution >= 0.6 is 11.6 Å². The molecule has 1 saturated heterocycles. The number of likely N-dealkylation sites (N-methyl/N-ethyl adjacent to an activating group) is 1. The molecule has 110 valence electrons. The second-order valence-electron chi connectivity index (χ2n) is 5.59. The van der Waals surface area contributed by atoms with Crippen LogP contribution in [-0.2, 0) is 17.6 Å². The van der Waals surface area contributed by atoms with Crippen molar-refractivity contribution in [2.45, 2.75) is 25.0 Å². The molecule has 0 amide bonds. The van der Waals surface area contributed by atoms with Gasteiger partial charge >= 0.3 is 0 Å². The summed E-state index contributed by atoms with van der Waals surface area (Å²) < 4.78 is 11.3. The van der Waals surface area contributed by atoms with E-state index in [1.807, 2.05) is 19.2 Å². The zero-order valence-electron chi connectivity index (χ0n) is 11.6. The number of hydrogen-bond acceptors (Lipinski definition) is 4. The van der Waals surface area contributed by atoms with Crippen molar-refractivity contribution in [3.63, 3.8) is 0 Å². The summed E-state index contributed by atoms with van der Waals surface area (Å²) in [4.78, 5) is 2.18. The van der Waals surface area contributed by atoms with Crippen LogP contribution in [0.1, 0.15) is 11.1 Å². The minimum Gasteiger partial charge on any atom is -0.493 e. The Bertz CT molecular complexity index is 494. The first-order valence-corrected chi connectivity index (χ1v) is 7.43. The predicted molar refractivity (Wildman–Crippen MR) is 77.6 cm³/mol. The monoisotopic (exact) mass is 297 g/mol. The van der Waals surface area contributed by atoms with Gasteiger partial charge in [0.25, 0.3) is 0 Å². The third-order valence-electron chi connectivity index (χ3n) is 3.98. The summed E-state index contributed by atoms with van der Waals surface area (Å²) in [6.45, 7) is 3.04. The highest BCUT2D eigenvalue weighted by Gasteiger charge is 2.27. The van der Waals surface area contributed by atoms with Crippen molar-refractivity contribution < 1.29 is 14.6 Å². The van der Waals surface area contributed by atoms with E-state index in [4.69, 9.17) is 21.1 Å². The van der Waals surface area contributed by atoms with E-state index in [1.54, 1.807) is 0 Å². The normalized spacial score (nSPS) is 24.2. The summed E-state index contributed by atoms with van der Waals surface area (Å²) in [5.74, 6) is 0.901. The number of ether oxygens (including phenoxy) is 2. The lowest BCUT2D eigenvalue weighted by Crippen LogP contribution is -2.46. The van der Waals surface area contributed by atoms with E-state index >= 15 is 0 Å². The van der Waals surface area contributed by atoms with Crippen LogP contribution in [0.15, 0.2) is 12.1 Å². The maximum Gasteiger partial charge on any atom is 0.126 e. The molecule has 2 aliphatic rings.